The summed E-state index contributed by atoms with van der Waals surface area (Å²) in [5.41, 5.74) is 20.9. The predicted molar refractivity (Wildman–Crippen MR) is 186 cm³/mol. The van der Waals surface area contributed by atoms with Gasteiger partial charge in [0.05, 0.1) is 12.3 Å². The molecule has 2 aromatic carbocycles. The topological polar surface area (TPSA) is 162 Å². The Hall–Kier alpha value is -4.15. The van der Waals surface area contributed by atoms with Gasteiger partial charge in [0, 0.05) is 41.7 Å². The van der Waals surface area contributed by atoms with Crippen molar-refractivity contribution >= 4 is 17.0 Å². The van der Waals surface area contributed by atoms with Crippen LogP contribution in [0.5, 0.6) is 5.75 Å². The van der Waals surface area contributed by atoms with Gasteiger partial charge in [-0.2, -0.15) is 4.98 Å². The second kappa shape index (κ2) is 15.7. The second-order valence-electron chi connectivity index (χ2n) is 13.6. The van der Waals surface area contributed by atoms with Crippen LogP contribution in [0.4, 0.5) is 0 Å². The number of nitrogens with two attached hydrogens (primary N) is 3. The fourth-order valence-corrected chi connectivity index (χ4v) is 4.36. The van der Waals surface area contributed by atoms with Crippen molar-refractivity contribution in [2.75, 3.05) is 26.2 Å². The van der Waals surface area contributed by atoms with Gasteiger partial charge in [0.1, 0.15) is 11.4 Å². The molecular weight excluding hydrogens is 564 g/mol. The highest BCUT2D eigenvalue weighted by Crippen LogP contribution is 2.26. The summed E-state index contributed by atoms with van der Waals surface area (Å²) in [7, 11) is 0. The van der Waals surface area contributed by atoms with E-state index < -0.39 is 0 Å². The van der Waals surface area contributed by atoms with Crippen LogP contribution in [-0.2, 0) is 17.4 Å². The molecule has 2 aromatic heterocycles. The zero-order chi connectivity index (χ0) is 33.2. The average molecular weight is 617 g/mol. The van der Waals surface area contributed by atoms with E-state index in [0.717, 1.165) is 47.6 Å². The van der Waals surface area contributed by atoms with Crippen molar-refractivity contribution in [3.05, 3.63) is 88.1 Å². The molecule has 0 radical (unpaired) electrons. The molecule has 0 unspecified atom stereocenters. The third kappa shape index (κ3) is 11.1. The number of aliphatic imine (C=N–C) groups is 1. The molecule has 8 N–H and O–H groups in total. The van der Waals surface area contributed by atoms with Crippen molar-refractivity contribution in [3.8, 4) is 11.4 Å². The molecule has 10 nitrogen and oxygen atoms in total. The lowest BCUT2D eigenvalue weighted by atomic mass is 9.87. The fourth-order valence-electron chi connectivity index (χ4n) is 4.36. The van der Waals surface area contributed by atoms with E-state index in [1.807, 2.05) is 42.6 Å². The van der Waals surface area contributed by atoms with Crippen molar-refractivity contribution in [3.63, 3.8) is 0 Å². The number of H-pyrrole nitrogens is 1. The standard InChI is InChI=1S/C21H29N7O.C14H23NO/c1-21(2,3)17-11-15-13-28(20(29)27-18(15)26-17)16-7-5-14(6-8-16)12-24-9-4-10-25-19(22)23;1-11(9-15)10-16-13-7-5-6-12(8-13)14(2,3)4/h5-8,11,13,24H,4,9-10,12H2,1-3H3,(H4,22,23,25)(H,26,27,29);5-8,11H,9-10,15H2,1-4H3/t;11-/m.1/s1. The first-order valence-electron chi connectivity index (χ1n) is 15.6. The molecular formula is C35H52N8O2. The van der Waals surface area contributed by atoms with E-state index >= 15 is 0 Å². The van der Waals surface area contributed by atoms with Crippen molar-refractivity contribution in [1.82, 2.24) is 19.9 Å². The fraction of sp³-hybridized carbons (Fsp3) is 0.457. The Bertz CT molecular complexity index is 1590. The lowest BCUT2D eigenvalue weighted by Gasteiger charge is -2.20. The van der Waals surface area contributed by atoms with Crippen LogP contribution in [0.1, 0.15) is 71.7 Å². The lowest BCUT2D eigenvalue weighted by molar-refractivity contribution is 0.263. The molecule has 244 valence electrons. The van der Waals surface area contributed by atoms with Crippen LogP contribution in [-0.4, -0.2) is 46.7 Å². The van der Waals surface area contributed by atoms with Crippen LogP contribution in [0, 0.1) is 5.92 Å². The van der Waals surface area contributed by atoms with E-state index in [2.05, 4.69) is 86.9 Å². The van der Waals surface area contributed by atoms with Crippen molar-refractivity contribution in [2.45, 2.75) is 72.3 Å². The van der Waals surface area contributed by atoms with Gasteiger partial charge in [-0.05, 0) is 66.4 Å². The molecule has 4 rings (SSSR count). The van der Waals surface area contributed by atoms with E-state index in [0.29, 0.717) is 31.3 Å². The molecule has 0 saturated heterocycles. The van der Waals surface area contributed by atoms with E-state index in [1.165, 1.54) is 5.56 Å². The van der Waals surface area contributed by atoms with Crippen molar-refractivity contribution in [1.29, 1.82) is 0 Å². The van der Waals surface area contributed by atoms with Gasteiger partial charge in [-0.15, -0.1) is 0 Å². The maximum atomic E-state index is 12.5. The van der Waals surface area contributed by atoms with E-state index in [1.54, 1.807) is 4.57 Å². The average Bonchev–Trinajstić information content (AvgIpc) is 3.41. The Morgan fingerprint density at radius 1 is 1.04 bits per heavy atom. The smallest absolute Gasteiger partial charge is 0.354 e. The molecule has 0 bridgehead atoms. The summed E-state index contributed by atoms with van der Waals surface area (Å²) in [6.07, 6.45) is 2.71. The van der Waals surface area contributed by atoms with Crippen LogP contribution in [0.3, 0.4) is 0 Å². The van der Waals surface area contributed by atoms with Gasteiger partial charge in [0.25, 0.3) is 0 Å². The minimum Gasteiger partial charge on any atom is -0.493 e. The molecule has 0 spiro atoms. The highest BCUT2D eigenvalue weighted by atomic mass is 16.5. The van der Waals surface area contributed by atoms with Gasteiger partial charge >= 0.3 is 5.69 Å². The summed E-state index contributed by atoms with van der Waals surface area (Å²) in [4.78, 5) is 23.9. The number of ether oxygens (including phenoxy) is 1. The number of aromatic nitrogens is 3. The molecule has 4 aromatic rings. The van der Waals surface area contributed by atoms with Crippen molar-refractivity contribution in [2.24, 2.45) is 28.1 Å². The largest absolute Gasteiger partial charge is 0.493 e. The normalized spacial score (nSPS) is 12.4. The van der Waals surface area contributed by atoms with Crippen LogP contribution in [0.15, 0.2) is 70.6 Å². The molecule has 1 atom stereocenters. The van der Waals surface area contributed by atoms with Gasteiger partial charge < -0.3 is 32.2 Å². The van der Waals surface area contributed by atoms with Crippen molar-refractivity contribution < 1.29 is 4.74 Å². The minimum atomic E-state index is -0.301. The number of rotatable bonds is 11. The summed E-state index contributed by atoms with van der Waals surface area (Å²) in [6, 6.07) is 18.2. The van der Waals surface area contributed by atoms with Gasteiger partial charge in [-0.3, -0.25) is 9.56 Å². The minimum absolute atomic E-state index is 0.0352. The molecule has 45 heavy (non-hydrogen) atoms. The van der Waals surface area contributed by atoms with Crippen LogP contribution in [0.2, 0.25) is 0 Å². The third-order valence-electron chi connectivity index (χ3n) is 7.30. The number of guanidine groups is 1. The summed E-state index contributed by atoms with van der Waals surface area (Å²) in [5.74, 6) is 1.46. The monoisotopic (exact) mass is 616 g/mol. The number of hydrogen-bond acceptors (Lipinski definition) is 6. The van der Waals surface area contributed by atoms with Crippen LogP contribution < -0.4 is 32.9 Å². The molecule has 0 aliphatic rings. The van der Waals surface area contributed by atoms with Gasteiger partial charge in [0.2, 0.25) is 0 Å². The van der Waals surface area contributed by atoms with Gasteiger partial charge in [-0.1, -0.05) is 72.7 Å². The molecule has 0 aliphatic carbocycles. The Balaban J connectivity index is 0.000000292. The van der Waals surface area contributed by atoms with E-state index in [-0.39, 0.29) is 22.5 Å². The maximum absolute atomic E-state index is 12.5. The second-order valence-corrected chi connectivity index (χ2v) is 13.6. The molecule has 10 heteroatoms. The SMILES string of the molecule is CC(C)(C)c1cc2cn(-c3ccc(CNCCCN=C(N)N)cc3)c(=O)nc2[nH]1.C[C@H](CN)COc1cccc(C(C)(C)C)c1. The molecule has 2 heterocycles. The van der Waals surface area contributed by atoms with Gasteiger partial charge in [0.15, 0.2) is 5.96 Å². The lowest BCUT2D eigenvalue weighted by Crippen LogP contribution is -2.23. The number of nitrogens with zero attached hydrogens (tertiary/aromatic N) is 3. The quantitative estimate of drug-likeness (QED) is 0.0925. The molecule has 0 fully saturated rings. The number of nitrogens with one attached hydrogen (secondary N) is 2. The zero-order valence-corrected chi connectivity index (χ0v) is 28.0. The predicted octanol–water partition coefficient (Wildman–Crippen LogP) is 4.72. The number of fused-ring (bicyclic) bond motifs is 1. The molecule has 0 aliphatic heterocycles. The summed E-state index contributed by atoms with van der Waals surface area (Å²) < 4.78 is 7.29. The van der Waals surface area contributed by atoms with E-state index in [4.69, 9.17) is 21.9 Å². The first kappa shape index (κ1) is 35.3. The molecule has 0 saturated carbocycles. The number of hydrogen-bond donors (Lipinski definition) is 5. The Morgan fingerprint density at radius 2 is 1.76 bits per heavy atom. The summed E-state index contributed by atoms with van der Waals surface area (Å²) in [6.45, 7) is 18.6. The van der Waals surface area contributed by atoms with E-state index in [9.17, 15) is 4.79 Å². The van der Waals surface area contributed by atoms with Gasteiger partial charge in [-0.25, -0.2) is 4.79 Å². The summed E-state index contributed by atoms with van der Waals surface area (Å²) >= 11 is 0. The Labute approximate surface area is 267 Å². The highest BCUT2D eigenvalue weighted by Gasteiger charge is 2.18. The first-order valence-corrected chi connectivity index (χ1v) is 15.6. The first-order chi connectivity index (χ1) is 21.2. The Kier molecular flexibility index (Phi) is 12.3. The zero-order valence-electron chi connectivity index (χ0n) is 28.0. The molecule has 0 amide bonds. The van der Waals surface area contributed by atoms with Crippen LogP contribution >= 0.6 is 0 Å². The third-order valence-corrected chi connectivity index (χ3v) is 7.30. The number of aromatic amines is 1. The number of benzene rings is 2. The summed E-state index contributed by atoms with van der Waals surface area (Å²) in [5, 5.41) is 4.27. The van der Waals surface area contributed by atoms with Crippen LogP contribution in [0.25, 0.3) is 16.7 Å². The highest BCUT2D eigenvalue weighted by molar-refractivity contribution is 5.76. The maximum Gasteiger partial charge on any atom is 0.354 e. The Morgan fingerprint density at radius 3 is 2.38 bits per heavy atom.